The molecule has 4 bridgehead atoms. The summed E-state index contributed by atoms with van der Waals surface area (Å²) in [6.07, 6.45) is 10.6. The average molecular weight is 814 g/mol. The van der Waals surface area contributed by atoms with Crippen molar-refractivity contribution in [3.63, 3.8) is 0 Å². The van der Waals surface area contributed by atoms with Gasteiger partial charge < -0.3 is 4.90 Å². The van der Waals surface area contributed by atoms with Crippen LogP contribution in [0.1, 0.15) is 69.1 Å². The molecule has 0 atom stereocenters. The van der Waals surface area contributed by atoms with E-state index in [4.69, 9.17) is 4.98 Å². The summed E-state index contributed by atoms with van der Waals surface area (Å²) in [5, 5.41) is 2.38. The largest absolute Gasteiger partial charge is 0.310 e. The van der Waals surface area contributed by atoms with Gasteiger partial charge in [0.1, 0.15) is 5.65 Å². The van der Waals surface area contributed by atoms with E-state index >= 15 is 0 Å². The van der Waals surface area contributed by atoms with Gasteiger partial charge in [0.25, 0.3) is 0 Å². The Labute approximate surface area is 370 Å². The van der Waals surface area contributed by atoms with Crippen LogP contribution in [0.15, 0.2) is 182 Å². The van der Waals surface area contributed by atoms with E-state index in [0.717, 1.165) is 57.1 Å². The van der Waals surface area contributed by atoms with Crippen molar-refractivity contribution in [3.05, 3.63) is 199 Å². The predicted molar refractivity (Wildman–Crippen MR) is 262 cm³/mol. The molecule has 9 aromatic rings. The Hall–Kier alpha value is -6.71. The number of benzene rings is 7. The Morgan fingerprint density at radius 2 is 1.02 bits per heavy atom. The molecule has 7 aromatic carbocycles. The summed E-state index contributed by atoms with van der Waals surface area (Å²) in [4.78, 5) is 7.26. The normalized spacial score (nSPS) is 21.5. The van der Waals surface area contributed by atoms with Gasteiger partial charge >= 0.3 is 0 Å². The van der Waals surface area contributed by atoms with Gasteiger partial charge in [-0.2, -0.15) is 0 Å². The van der Waals surface area contributed by atoms with E-state index < -0.39 is 0 Å². The lowest BCUT2D eigenvalue weighted by molar-refractivity contribution is -0.00518. The van der Waals surface area contributed by atoms with Crippen LogP contribution in [-0.2, 0) is 10.8 Å². The van der Waals surface area contributed by atoms with E-state index in [1.807, 2.05) is 12.3 Å². The van der Waals surface area contributed by atoms with E-state index in [-0.39, 0.29) is 5.41 Å². The standard InChI is InChI=1S/C60H51N3/c1-59(2)55-11-5-3-8-51(55)52-30-29-50(35-56(52)59)62(48-25-27-49(28-26-48)63-57-12-6-4-9-53(57)54-10-7-31-61-58(54)63)47-23-19-45(20-24-47)43-15-13-42(14-16-43)44-17-21-46(22-18-44)60-36-39-32-40(37-60)34-41(33-39)38-60/h3-31,35,39-41H,32-34,36-38H2,1-2H3. The summed E-state index contributed by atoms with van der Waals surface area (Å²) in [6.45, 7) is 4.72. The van der Waals surface area contributed by atoms with Gasteiger partial charge in [-0.1, -0.05) is 123 Å². The van der Waals surface area contributed by atoms with Crippen molar-refractivity contribution in [2.75, 3.05) is 4.90 Å². The molecule has 2 aromatic heterocycles. The first-order chi connectivity index (χ1) is 30.9. The molecule has 5 aliphatic carbocycles. The average Bonchev–Trinajstić information content (AvgIpc) is 3.77. The monoisotopic (exact) mass is 813 g/mol. The SMILES string of the molecule is CC1(C)c2ccccc2-c2ccc(N(c3ccc(-c4ccc(-c5ccc(C67CC8CC(CC(C8)C6)C7)cc5)cc4)cc3)c3ccc(-n4c5ccccc5c5cccnc54)cc3)cc21. The highest BCUT2D eigenvalue weighted by atomic mass is 15.1. The van der Waals surface area contributed by atoms with Crippen LogP contribution in [0.4, 0.5) is 17.1 Å². The Morgan fingerprint density at radius 3 is 1.68 bits per heavy atom. The second kappa shape index (κ2) is 13.9. The molecule has 2 heterocycles. The minimum atomic E-state index is -0.104. The van der Waals surface area contributed by atoms with Crippen molar-refractivity contribution < 1.29 is 0 Å². The summed E-state index contributed by atoms with van der Waals surface area (Å²) in [7, 11) is 0. The molecule has 306 valence electrons. The highest BCUT2D eigenvalue weighted by Crippen LogP contribution is 2.61. The van der Waals surface area contributed by atoms with Crippen molar-refractivity contribution in [1.82, 2.24) is 9.55 Å². The minimum Gasteiger partial charge on any atom is -0.310 e. The predicted octanol–water partition coefficient (Wildman–Crippen LogP) is 15.8. The summed E-state index contributed by atoms with van der Waals surface area (Å²) >= 11 is 0. The number of rotatable bonds is 7. The lowest BCUT2D eigenvalue weighted by Crippen LogP contribution is -2.48. The minimum absolute atomic E-state index is 0.104. The smallest absolute Gasteiger partial charge is 0.145 e. The molecule has 4 fully saturated rings. The van der Waals surface area contributed by atoms with Crippen molar-refractivity contribution >= 4 is 39.0 Å². The molecule has 3 heteroatoms. The molecule has 0 amide bonds. The van der Waals surface area contributed by atoms with Gasteiger partial charge in [-0.15, -0.1) is 0 Å². The number of nitrogens with zero attached hydrogens (tertiary/aromatic N) is 3. The van der Waals surface area contributed by atoms with Crippen LogP contribution >= 0.6 is 0 Å². The van der Waals surface area contributed by atoms with Crippen LogP contribution in [0.2, 0.25) is 0 Å². The topological polar surface area (TPSA) is 21.1 Å². The summed E-state index contributed by atoms with van der Waals surface area (Å²) in [6, 6.07) is 65.7. The molecule has 4 saturated carbocycles. The zero-order chi connectivity index (χ0) is 41.9. The van der Waals surface area contributed by atoms with Gasteiger partial charge in [0, 0.05) is 45.1 Å². The van der Waals surface area contributed by atoms with Crippen LogP contribution in [0.3, 0.4) is 0 Å². The fourth-order valence-electron chi connectivity index (χ4n) is 13.2. The van der Waals surface area contributed by atoms with Crippen LogP contribution in [0.25, 0.3) is 61.0 Å². The van der Waals surface area contributed by atoms with Crippen molar-refractivity contribution in [3.8, 4) is 39.1 Å². The number of fused-ring (bicyclic) bond motifs is 6. The Balaban J connectivity index is 0.831. The summed E-state index contributed by atoms with van der Waals surface area (Å²) < 4.78 is 2.28. The first-order valence-electron chi connectivity index (χ1n) is 23.2. The second-order valence-electron chi connectivity index (χ2n) is 19.9. The quantitative estimate of drug-likeness (QED) is 0.160. The number of aromatic nitrogens is 2. The molecule has 14 rings (SSSR count). The first kappa shape index (κ1) is 36.9. The van der Waals surface area contributed by atoms with E-state index in [1.54, 1.807) is 5.56 Å². The molecule has 5 aliphatic rings. The lowest BCUT2D eigenvalue weighted by Gasteiger charge is -2.57. The molecule has 0 aliphatic heterocycles. The van der Waals surface area contributed by atoms with Crippen LogP contribution < -0.4 is 4.90 Å². The molecule has 0 radical (unpaired) electrons. The van der Waals surface area contributed by atoms with Crippen LogP contribution in [0, 0.1) is 17.8 Å². The van der Waals surface area contributed by atoms with Crippen molar-refractivity contribution in [2.45, 2.75) is 63.2 Å². The zero-order valence-electron chi connectivity index (χ0n) is 36.1. The second-order valence-corrected chi connectivity index (χ2v) is 19.9. The highest BCUT2D eigenvalue weighted by Gasteiger charge is 2.51. The molecule has 3 nitrogen and oxygen atoms in total. The van der Waals surface area contributed by atoms with E-state index in [0.29, 0.717) is 5.41 Å². The molecular weight excluding hydrogens is 763 g/mol. The summed E-state index contributed by atoms with van der Waals surface area (Å²) in [5.41, 5.74) is 19.0. The lowest BCUT2D eigenvalue weighted by atomic mass is 9.48. The fourth-order valence-corrected chi connectivity index (χ4v) is 13.2. The van der Waals surface area contributed by atoms with Gasteiger partial charge in [-0.05, 0) is 178 Å². The molecule has 0 unspecified atom stereocenters. The molecule has 0 spiro atoms. The van der Waals surface area contributed by atoms with Crippen molar-refractivity contribution in [1.29, 1.82) is 0 Å². The number of para-hydroxylation sites is 1. The van der Waals surface area contributed by atoms with Crippen LogP contribution in [-0.4, -0.2) is 9.55 Å². The Kier molecular flexibility index (Phi) is 8.14. The molecule has 0 saturated heterocycles. The van der Waals surface area contributed by atoms with Gasteiger partial charge in [-0.25, -0.2) is 4.98 Å². The number of hydrogen-bond donors (Lipinski definition) is 0. The van der Waals surface area contributed by atoms with E-state index in [9.17, 15) is 0 Å². The Bertz CT molecular complexity index is 3120. The van der Waals surface area contributed by atoms with Gasteiger partial charge in [-0.3, -0.25) is 4.57 Å². The third kappa shape index (κ3) is 5.82. The van der Waals surface area contributed by atoms with Gasteiger partial charge in [0.05, 0.1) is 5.52 Å². The maximum absolute atomic E-state index is 4.85. The van der Waals surface area contributed by atoms with Gasteiger partial charge in [0.2, 0.25) is 0 Å². The number of pyridine rings is 1. The van der Waals surface area contributed by atoms with Crippen LogP contribution in [0.5, 0.6) is 0 Å². The number of anilines is 3. The van der Waals surface area contributed by atoms with E-state index in [1.165, 1.54) is 88.4 Å². The molecular formula is C60H51N3. The first-order valence-corrected chi connectivity index (χ1v) is 23.2. The maximum atomic E-state index is 4.85. The zero-order valence-corrected chi connectivity index (χ0v) is 36.1. The van der Waals surface area contributed by atoms with E-state index in [2.05, 4.69) is 193 Å². The maximum Gasteiger partial charge on any atom is 0.145 e. The fraction of sp³-hybridized carbons (Fsp3) is 0.217. The number of hydrogen-bond acceptors (Lipinski definition) is 2. The third-order valence-electron chi connectivity index (χ3n) is 15.8. The Morgan fingerprint density at radius 1 is 0.492 bits per heavy atom. The highest BCUT2D eigenvalue weighted by molar-refractivity contribution is 6.07. The molecule has 63 heavy (non-hydrogen) atoms. The third-order valence-corrected chi connectivity index (χ3v) is 15.8. The van der Waals surface area contributed by atoms with Crippen molar-refractivity contribution in [2.24, 2.45) is 17.8 Å². The molecule has 0 N–H and O–H groups in total. The van der Waals surface area contributed by atoms with Gasteiger partial charge in [0.15, 0.2) is 0 Å². The summed E-state index contributed by atoms with van der Waals surface area (Å²) in [5.74, 6) is 2.90.